The van der Waals surface area contributed by atoms with E-state index in [1.54, 1.807) is 7.05 Å². The Morgan fingerprint density at radius 2 is 2.20 bits per heavy atom. The summed E-state index contributed by atoms with van der Waals surface area (Å²) in [6.07, 6.45) is 4.83. The van der Waals surface area contributed by atoms with Gasteiger partial charge in [0.15, 0.2) is 0 Å². The third-order valence-corrected chi connectivity index (χ3v) is 4.43. The number of nitrogens with one attached hydrogen (secondary N) is 2. The standard InChI is InChI=1S/C14H27N3O3/c1-3-17-14(13(19)20)9-5-7-10(14)6-4-8-11(16-2)12(15)18/h10-11,16-17H,3-9H2,1-2H3,(H2,15,18)(H,19,20). The summed E-state index contributed by atoms with van der Waals surface area (Å²) in [5, 5.41) is 15.6. The third kappa shape index (κ3) is 3.70. The van der Waals surface area contributed by atoms with Crippen molar-refractivity contribution in [2.75, 3.05) is 13.6 Å². The molecule has 1 fully saturated rings. The Kier molecular flexibility index (Phi) is 6.42. The van der Waals surface area contributed by atoms with E-state index in [0.29, 0.717) is 19.4 Å². The number of amides is 1. The van der Waals surface area contributed by atoms with Crippen LogP contribution < -0.4 is 16.4 Å². The first-order chi connectivity index (χ1) is 9.47. The number of rotatable bonds is 9. The quantitative estimate of drug-likeness (QED) is 0.493. The Hall–Kier alpha value is -1.14. The zero-order valence-corrected chi connectivity index (χ0v) is 12.4. The van der Waals surface area contributed by atoms with Gasteiger partial charge in [0.05, 0.1) is 6.04 Å². The second-order valence-corrected chi connectivity index (χ2v) is 5.57. The lowest BCUT2D eigenvalue weighted by Gasteiger charge is -2.32. The van der Waals surface area contributed by atoms with Crippen LogP contribution in [0.15, 0.2) is 0 Å². The highest BCUT2D eigenvalue weighted by Crippen LogP contribution is 2.39. The maximum Gasteiger partial charge on any atom is 0.324 e. The van der Waals surface area contributed by atoms with E-state index in [4.69, 9.17) is 5.73 Å². The first-order valence-electron chi connectivity index (χ1n) is 7.43. The molecule has 5 N–H and O–H groups in total. The monoisotopic (exact) mass is 285 g/mol. The number of carboxylic acids is 1. The first kappa shape index (κ1) is 16.9. The van der Waals surface area contributed by atoms with Crippen LogP contribution in [0.3, 0.4) is 0 Å². The molecule has 0 heterocycles. The van der Waals surface area contributed by atoms with Crippen molar-refractivity contribution in [1.29, 1.82) is 0 Å². The molecule has 3 unspecified atom stereocenters. The predicted octanol–water partition coefficient (Wildman–Crippen LogP) is 0.463. The van der Waals surface area contributed by atoms with Gasteiger partial charge in [-0.25, -0.2) is 0 Å². The van der Waals surface area contributed by atoms with Gasteiger partial charge in [0.1, 0.15) is 5.54 Å². The van der Waals surface area contributed by atoms with Crippen LogP contribution in [-0.2, 0) is 9.59 Å². The van der Waals surface area contributed by atoms with Gasteiger partial charge in [-0.1, -0.05) is 19.8 Å². The summed E-state index contributed by atoms with van der Waals surface area (Å²) in [5.74, 6) is -0.970. The molecule has 1 amide bonds. The molecule has 1 aliphatic carbocycles. The average Bonchev–Trinajstić information content (AvgIpc) is 2.79. The van der Waals surface area contributed by atoms with Crippen LogP contribution in [0.25, 0.3) is 0 Å². The molecule has 116 valence electrons. The van der Waals surface area contributed by atoms with Gasteiger partial charge in [-0.3, -0.25) is 9.59 Å². The lowest BCUT2D eigenvalue weighted by molar-refractivity contribution is -0.146. The summed E-state index contributed by atoms with van der Waals surface area (Å²) in [5.41, 5.74) is 4.50. The van der Waals surface area contributed by atoms with E-state index in [1.807, 2.05) is 6.92 Å². The molecule has 1 aliphatic rings. The molecule has 0 radical (unpaired) electrons. The number of aliphatic carboxylic acids is 1. The minimum atomic E-state index is -0.781. The van der Waals surface area contributed by atoms with Crippen molar-refractivity contribution in [2.24, 2.45) is 11.7 Å². The minimum Gasteiger partial charge on any atom is -0.480 e. The number of hydrogen-bond acceptors (Lipinski definition) is 4. The molecular weight excluding hydrogens is 258 g/mol. The van der Waals surface area contributed by atoms with E-state index >= 15 is 0 Å². The normalized spacial score (nSPS) is 27.4. The van der Waals surface area contributed by atoms with Gasteiger partial charge >= 0.3 is 5.97 Å². The molecule has 6 heteroatoms. The number of carbonyl (C=O) groups is 2. The van der Waals surface area contributed by atoms with Gasteiger partial charge in [0.2, 0.25) is 5.91 Å². The van der Waals surface area contributed by atoms with Crippen LogP contribution >= 0.6 is 0 Å². The molecule has 0 aliphatic heterocycles. The lowest BCUT2D eigenvalue weighted by Crippen LogP contribution is -2.54. The largest absolute Gasteiger partial charge is 0.480 e. The van der Waals surface area contributed by atoms with Crippen molar-refractivity contribution in [2.45, 2.75) is 57.0 Å². The van der Waals surface area contributed by atoms with E-state index < -0.39 is 11.5 Å². The fraction of sp³-hybridized carbons (Fsp3) is 0.857. The molecular formula is C14H27N3O3. The van der Waals surface area contributed by atoms with Gasteiger partial charge in [0.25, 0.3) is 0 Å². The number of carbonyl (C=O) groups excluding carboxylic acids is 1. The second-order valence-electron chi connectivity index (χ2n) is 5.57. The van der Waals surface area contributed by atoms with Gasteiger partial charge < -0.3 is 21.5 Å². The Morgan fingerprint density at radius 1 is 1.50 bits per heavy atom. The van der Waals surface area contributed by atoms with Crippen molar-refractivity contribution < 1.29 is 14.7 Å². The Morgan fingerprint density at radius 3 is 2.70 bits per heavy atom. The van der Waals surface area contributed by atoms with E-state index in [-0.39, 0.29) is 17.9 Å². The molecule has 0 saturated heterocycles. The van der Waals surface area contributed by atoms with Gasteiger partial charge in [-0.05, 0) is 45.2 Å². The van der Waals surface area contributed by atoms with E-state index in [9.17, 15) is 14.7 Å². The summed E-state index contributed by atoms with van der Waals surface area (Å²) in [6, 6.07) is -0.324. The van der Waals surface area contributed by atoms with Gasteiger partial charge in [-0.2, -0.15) is 0 Å². The average molecular weight is 285 g/mol. The minimum absolute atomic E-state index is 0.130. The van der Waals surface area contributed by atoms with Gasteiger partial charge in [0, 0.05) is 0 Å². The number of nitrogens with two attached hydrogens (primary N) is 1. The van der Waals surface area contributed by atoms with Crippen LogP contribution in [0.5, 0.6) is 0 Å². The van der Waals surface area contributed by atoms with Crippen molar-refractivity contribution in [3.8, 4) is 0 Å². The van der Waals surface area contributed by atoms with Crippen molar-refractivity contribution in [3.63, 3.8) is 0 Å². The van der Waals surface area contributed by atoms with Crippen molar-refractivity contribution >= 4 is 11.9 Å². The zero-order chi connectivity index (χ0) is 15.2. The highest BCUT2D eigenvalue weighted by Gasteiger charge is 2.48. The summed E-state index contributed by atoms with van der Waals surface area (Å²) in [6.45, 7) is 2.59. The zero-order valence-electron chi connectivity index (χ0n) is 12.4. The van der Waals surface area contributed by atoms with Crippen LogP contribution in [0.4, 0.5) is 0 Å². The fourth-order valence-corrected chi connectivity index (χ4v) is 3.37. The fourth-order valence-electron chi connectivity index (χ4n) is 3.37. The van der Waals surface area contributed by atoms with Crippen LogP contribution in [0.1, 0.15) is 45.4 Å². The lowest BCUT2D eigenvalue weighted by atomic mass is 9.83. The molecule has 20 heavy (non-hydrogen) atoms. The maximum atomic E-state index is 11.6. The third-order valence-electron chi connectivity index (χ3n) is 4.43. The Labute approximate surface area is 120 Å². The molecule has 6 nitrogen and oxygen atoms in total. The maximum absolute atomic E-state index is 11.6. The molecule has 0 aromatic heterocycles. The second kappa shape index (κ2) is 7.59. The van der Waals surface area contributed by atoms with E-state index in [0.717, 1.165) is 25.7 Å². The van der Waals surface area contributed by atoms with E-state index in [2.05, 4.69) is 10.6 Å². The number of likely N-dealkylation sites (N-methyl/N-ethyl adjacent to an activating group) is 2. The molecule has 0 bridgehead atoms. The molecule has 1 rings (SSSR count). The molecule has 0 spiro atoms. The molecule has 3 atom stereocenters. The smallest absolute Gasteiger partial charge is 0.324 e. The predicted molar refractivity (Wildman–Crippen MR) is 77.3 cm³/mol. The molecule has 0 aromatic rings. The summed E-state index contributed by atoms with van der Waals surface area (Å²) in [4.78, 5) is 22.8. The molecule has 1 saturated carbocycles. The van der Waals surface area contributed by atoms with Crippen LogP contribution in [0.2, 0.25) is 0 Å². The highest BCUT2D eigenvalue weighted by molar-refractivity contribution is 5.80. The van der Waals surface area contributed by atoms with Gasteiger partial charge in [-0.15, -0.1) is 0 Å². The SMILES string of the molecule is CCNC1(C(=O)O)CCCC1CCCC(NC)C(N)=O. The highest BCUT2D eigenvalue weighted by atomic mass is 16.4. The number of carboxylic acid groups (broad SMARTS) is 1. The number of hydrogen-bond donors (Lipinski definition) is 4. The number of primary amides is 1. The Bertz CT molecular complexity index is 349. The topological polar surface area (TPSA) is 104 Å². The molecule has 0 aromatic carbocycles. The van der Waals surface area contributed by atoms with Crippen LogP contribution in [-0.4, -0.2) is 42.2 Å². The van der Waals surface area contributed by atoms with Crippen LogP contribution in [0, 0.1) is 5.92 Å². The van der Waals surface area contributed by atoms with Crippen molar-refractivity contribution in [1.82, 2.24) is 10.6 Å². The van der Waals surface area contributed by atoms with Crippen molar-refractivity contribution in [3.05, 3.63) is 0 Å². The Balaban J connectivity index is 2.57. The summed E-state index contributed by atoms with van der Waals surface area (Å²) < 4.78 is 0. The van der Waals surface area contributed by atoms with E-state index in [1.165, 1.54) is 0 Å². The summed E-state index contributed by atoms with van der Waals surface area (Å²) >= 11 is 0. The summed E-state index contributed by atoms with van der Waals surface area (Å²) in [7, 11) is 1.71. The first-order valence-corrected chi connectivity index (χ1v) is 7.43.